The van der Waals surface area contributed by atoms with Crippen molar-refractivity contribution in [2.75, 3.05) is 20.3 Å². The highest BCUT2D eigenvalue weighted by atomic mass is 16.6. The van der Waals surface area contributed by atoms with Gasteiger partial charge in [0.15, 0.2) is 0 Å². The van der Waals surface area contributed by atoms with Crippen molar-refractivity contribution in [1.29, 1.82) is 0 Å². The predicted molar refractivity (Wildman–Crippen MR) is 101 cm³/mol. The van der Waals surface area contributed by atoms with Crippen molar-refractivity contribution in [3.8, 4) is 11.1 Å². The van der Waals surface area contributed by atoms with Crippen LogP contribution in [-0.4, -0.2) is 43.3 Å². The molecule has 2 aromatic carbocycles. The second-order valence-electron chi connectivity index (χ2n) is 7.03. The first-order valence-electron chi connectivity index (χ1n) is 9.40. The zero-order valence-corrected chi connectivity index (χ0v) is 15.4. The molecule has 2 aliphatic rings. The normalized spacial score (nSPS) is 18.6. The minimum atomic E-state index is -0.542. The number of esters is 1. The number of methoxy groups -OCH3 is 1. The van der Waals surface area contributed by atoms with Crippen LogP contribution in [0.15, 0.2) is 48.5 Å². The molecule has 0 N–H and O–H groups in total. The average Bonchev–Trinajstić information content (AvgIpc) is 3.05. The first-order valence-corrected chi connectivity index (χ1v) is 9.40. The average molecular weight is 365 g/mol. The summed E-state index contributed by atoms with van der Waals surface area (Å²) in [6.45, 7) is 0.785. The van der Waals surface area contributed by atoms with E-state index in [0.29, 0.717) is 13.0 Å². The van der Waals surface area contributed by atoms with E-state index in [1.807, 2.05) is 24.3 Å². The minimum absolute atomic E-state index is 0.0164. The van der Waals surface area contributed by atoms with E-state index in [1.165, 1.54) is 34.3 Å². The first-order chi connectivity index (χ1) is 13.2. The summed E-state index contributed by atoms with van der Waals surface area (Å²) < 4.78 is 10.5. The molecule has 1 aliphatic heterocycles. The van der Waals surface area contributed by atoms with Crippen LogP contribution in [0.5, 0.6) is 0 Å². The van der Waals surface area contributed by atoms with Gasteiger partial charge < -0.3 is 9.47 Å². The number of rotatable bonds is 3. The fourth-order valence-electron chi connectivity index (χ4n) is 4.21. The number of carbonyl (C=O) groups excluding carboxylic acids is 2. The van der Waals surface area contributed by atoms with E-state index in [1.54, 1.807) is 0 Å². The predicted octanol–water partition coefficient (Wildman–Crippen LogP) is 3.96. The van der Waals surface area contributed by atoms with Crippen LogP contribution in [0.3, 0.4) is 0 Å². The Morgan fingerprint density at radius 2 is 1.63 bits per heavy atom. The van der Waals surface area contributed by atoms with Crippen molar-refractivity contribution >= 4 is 12.1 Å². The second kappa shape index (κ2) is 7.43. The quantitative estimate of drug-likeness (QED) is 0.773. The lowest BCUT2D eigenvalue weighted by Gasteiger charge is -2.33. The van der Waals surface area contributed by atoms with Gasteiger partial charge in [0.1, 0.15) is 12.6 Å². The van der Waals surface area contributed by atoms with Gasteiger partial charge in [0.25, 0.3) is 0 Å². The maximum absolute atomic E-state index is 12.7. The summed E-state index contributed by atoms with van der Waals surface area (Å²) in [6.07, 6.45) is 1.97. The number of benzene rings is 2. The molecule has 27 heavy (non-hydrogen) atoms. The Kier molecular flexibility index (Phi) is 4.84. The van der Waals surface area contributed by atoms with E-state index in [-0.39, 0.29) is 18.5 Å². The highest BCUT2D eigenvalue weighted by Crippen LogP contribution is 2.44. The van der Waals surface area contributed by atoms with Crippen LogP contribution in [0, 0.1) is 0 Å². The Bertz CT molecular complexity index is 817. The SMILES string of the molecule is COC(=O)C1CCCCN1C(=O)OCC1c2ccccc2-c2ccccc21. The second-order valence-corrected chi connectivity index (χ2v) is 7.03. The fourth-order valence-corrected chi connectivity index (χ4v) is 4.21. The zero-order chi connectivity index (χ0) is 18.8. The lowest BCUT2D eigenvalue weighted by Crippen LogP contribution is -2.48. The molecule has 1 amide bonds. The van der Waals surface area contributed by atoms with Gasteiger partial charge in [-0.15, -0.1) is 0 Å². The van der Waals surface area contributed by atoms with Gasteiger partial charge in [-0.1, -0.05) is 48.5 Å². The van der Waals surface area contributed by atoms with Crippen LogP contribution >= 0.6 is 0 Å². The Hall–Kier alpha value is -2.82. The summed E-state index contributed by atoms with van der Waals surface area (Å²) in [5.74, 6) is -0.356. The summed E-state index contributed by atoms with van der Waals surface area (Å²) in [5, 5.41) is 0. The molecule has 1 aliphatic carbocycles. The molecule has 1 unspecified atom stereocenters. The van der Waals surface area contributed by atoms with Crippen LogP contribution < -0.4 is 0 Å². The van der Waals surface area contributed by atoms with Crippen LogP contribution in [0.1, 0.15) is 36.3 Å². The van der Waals surface area contributed by atoms with E-state index in [0.717, 1.165) is 12.8 Å². The number of fused-ring (bicyclic) bond motifs is 3. The van der Waals surface area contributed by atoms with Gasteiger partial charge in [-0.3, -0.25) is 4.90 Å². The third kappa shape index (κ3) is 3.18. The van der Waals surface area contributed by atoms with Gasteiger partial charge in [0.2, 0.25) is 0 Å². The molecule has 1 atom stereocenters. The van der Waals surface area contributed by atoms with Gasteiger partial charge in [-0.2, -0.15) is 0 Å². The van der Waals surface area contributed by atoms with E-state index in [4.69, 9.17) is 9.47 Å². The lowest BCUT2D eigenvalue weighted by molar-refractivity contribution is -0.147. The number of carbonyl (C=O) groups is 2. The van der Waals surface area contributed by atoms with Crippen LogP contribution in [0.25, 0.3) is 11.1 Å². The molecule has 0 spiro atoms. The molecule has 140 valence electrons. The number of ether oxygens (including phenoxy) is 2. The summed E-state index contributed by atoms with van der Waals surface area (Å²) >= 11 is 0. The standard InChI is InChI=1S/C22H23NO4/c1-26-21(24)20-12-6-7-13-23(20)22(25)27-14-19-17-10-4-2-8-15(17)16-9-3-5-11-18(16)19/h2-5,8-11,19-20H,6-7,12-14H2,1H3. The Morgan fingerprint density at radius 3 is 2.26 bits per heavy atom. The molecule has 5 nitrogen and oxygen atoms in total. The van der Waals surface area contributed by atoms with Gasteiger partial charge in [-0.25, -0.2) is 9.59 Å². The summed E-state index contributed by atoms with van der Waals surface area (Å²) in [6, 6.07) is 15.9. The molecule has 4 rings (SSSR count). The van der Waals surface area contributed by atoms with Crippen LogP contribution in [-0.2, 0) is 14.3 Å². The monoisotopic (exact) mass is 365 g/mol. The molecule has 1 saturated heterocycles. The molecule has 0 radical (unpaired) electrons. The molecule has 0 saturated carbocycles. The van der Waals surface area contributed by atoms with Gasteiger partial charge in [-0.05, 0) is 41.5 Å². The number of nitrogens with zero attached hydrogens (tertiary/aromatic N) is 1. The van der Waals surface area contributed by atoms with Crippen LogP contribution in [0.4, 0.5) is 4.79 Å². The molecule has 1 fully saturated rings. The van der Waals surface area contributed by atoms with E-state index >= 15 is 0 Å². The summed E-state index contributed by atoms with van der Waals surface area (Å²) in [7, 11) is 1.35. The highest BCUT2D eigenvalue weighted by molar-refractivity contribution is 5.82. The van der Waals surface area contributed by atoms with Gasteiger partial charge >= 0.3 is 12.1 Å². The maximum atomic E-state index is 12.7. The van der Waals surface area contributed by atoms with Crippen molar-refractivity contribution in [2.45, 2.75) is 31.2 Å². The summed E-state index contributed by atoms with van der Waals surface area (Å²) in [4.78, 5) is 26.2. The number of hydrogen-bond donors (Lipinski definition) is 0. The van der Waals surface area contributed by atoms with E-state index in [9.17, 15) is 9.59 Å². The van der Waals surface area contributed by atoms with Crippen molar-refractivity contribution in [3.05, 3.63) is 59.7 Å². The Balaban J connectivity index is 1.51. The highest BCUT2D eigenvalue weighted by Gasteiger charge is 2.35. The largest absolute Gasteiger partial charge is 0.467 e. The lowest BCUT2D eigenvalue weighted by atomic mass is 9.98. The number of hydrogen-bond acceptors (Lipinski definition) is 4. The molecular formula is C22H23NO4. The van der Waals surface area contributed by atoms with Crippen LogP contribution in [0.2, 0.25) is 0 Å². The molecule has 5 heteroatoms. The third-order valence-corrected chi connectivity index (χ3v) is 5.55. The van der Waals surface area contributed by atoms with Crippen molar-refractivity contribution in [1.82, 2.24) is 4.90 Å². The fraction of sp³-hybridized carbons (Fsp3) is 0.364. The molecule has 1 heterocycles. The van der Waals surface area contributed by atoms with E-state index < -0.39 is 12.1 Å². The van der Waals surface area contributed by atoms with E-state index in [2.05, 4.69) is 24.3 Å². The molecule has 0 bridgehead atoms. The number of likely N-dealkylation sites (tertiary alicyclic amines) is 1. The minimum Gasteiger partial charge on any atom is -0.467 e. The Morgan fingerprint density at radius 1 is 1.00 bits per heavy atom. The van der Waals surface area contributed by atoms with Crippen molar-refractivity contribution in [3.63, 3.8) is 0 Å². The zero-order valence-electron chi connectivity index (χ0n) is 15.4. The Labute approximate surface area is 158 Å². The molecular weight excluding hydrogens is 342 g/mol. The van der Waals surface area contributed by atoms with Gasteiger partial charge in [0.05, 0.1) is 7.11 Å². The topological polar surface area (TPSA) is 55.8 Å². The van der Waals surface area contributed by atoms with Crippen molar-refractivity contribution in [2.24, 2.45) is 0 Å². The smallest absolute Gasteiger partial charge is 0.410 e. The van der Waals surface area contributed by atoms with Crippen molar-refractivity contribution < 1.29 is 19.1 Å². The van der Waals surface area contributed by atoms with Gasteiger partial charge in [0, 0.05) is 12.5 Å². The summed E-state index contributed by atoms with van der Waals surface area (Å²) in [5.41, 5.74) is 4.74. The number of amides is 1. The third-order valence-electron chi connectivity index (χ3n) is 5.55. The first kappa shape index (κ1) is 17.6. The molecule has 2 aromatic rings. The maximum Gasteiger partial charge on any atom is 0.410 e. The number of piperidine rings is 1. The molecule has 0 aromatic heterocycles.